The van der Waals surface area contributed by atoms with Gasteiger partial charge >= 0.3 is 5.97 Å². The highest BCUT2D eigenvalue weighted by Crippen LogP contribution is 2.20. The number of aliphatic hydroxyl groups is 1. The van der Waals surface area contributed by atoms with Gasteiger partial charge in [0.2, 0.25) is 0 Å². The van der Waals surface area contributed by atoms with E-state index < -0.39 is 23.7 Å². The quantitative estimate of drug-likeness (QED) is 0.780. The zero-order valence-electron chi connectivity index (χ0n) is 8.04. The maximum absolute atomic E-state index is 13.1. The molecule has 5 heteroatoms. The molecule has 0 amide bonds. The number of rotatable bonds is 3. The van der Waals surface area contributed by atoms with Crippen molar-refractivity contribution < 1.29 is 23.4 Å². The van der Waals surface area contributed by atoms with E-state index in [1.807, 2.05) is 0 Å². The molecule has 0 heterocycles. The predicted octanol–water partition coefficient (Wildman–Crippen LogP) is 1.56. The summed E-state index contributed by atoms with van der Waals surface area (Å²) in [6.45, 7) is 0. The number of hydrogen-bond donors (Lipinski definition) is 1. The van der Waals surface area contributed by atoms with Crippen LogP contribution in [-0.4, -0.2) is 18.2 Å². The van der Waals surface area contributed by atoms with Gasteiger partial charge in [0.15, 0.2) is 0 Å². The molecule has 1 aromatic carbocycles. The predicted molar refractivity (Wildman–Crippen MR) is 48.0 cm³/mol. The summed E-state index contributed by atoms with van der Waals surface area (Å²) in [7, 11) is 1.16. The average Bonchev–Trinajstić information content (AvgIpc) is 2.17. The largest absolute Gasteiger partial charge is 0.469 e. The Morgan fingerprint density at radius 2 is 2.20 bits per heavy atom. The van der Waals surface area contributed by atoms with Crippen LogP contribution < -0.4 is 0 Å². The van der Waals surface area contributed by atoms with E-state index in [9.17, 15) is 18.7 Å². The standard InChI is InChI=1S/C10H10F2O3/c1-15-10(14)5-9(13)7-3-2-6(11)4-8(7)12/h2-4,9,13H,5H2,1H3. The highest BCUT2D eigenvalue weighted by atomic mass is 19.1. The van der Waals surface area contributed by atoms with Crippen molar-refractivity contribution in [1.29, 1.82) is 0 Å². The Hall–Kier alpha value is -1.49. The Morgan fingerprint density at radius 1 is 1.53 bits per heavy atom. The second-order valence-corrected chi connectivity index (χ2v) is 2.96. The summed E-state index contributed by atoms with van der Waals surface area (Å²) in [4.78, 5) is 10.8. The molecule has 0 radical (unpaired) electrons. The third-order valence-corrected chi connectivity index (χ3v) is 1.91. The molecule has 1 unspecified atom stereocenters. The van der Waals surface area contributed by atoms with Crippen LogP contribution in [0.25, 0.3) is 0 Å². The highest BCUT2D eigenvalue weighted by molar-refractivity contribution is 5.70. The smallest absolute Gasteiger partial charge is 0.308 e. The molecule has 0 bridgehead atoms. The molecule has 0 aliphatic rings. The van der Waals surface area contributed by atoms with Gasteiger partial charge in [-0.2, -0.15) is 0 Å². The number of esters is 1. The van der Waals surface area contributed by atoms with Crippen molar-refractivity contribution in [3.05, 3.63) is 35.4 Å². The van der Waals surface area contributed by atoms with Crippen molar-refractivity contribution in [2.75, 3.05) is 7.11 Å². The van der Waals surface area contributed by atoms with Crippen LogP contribution in [0.4, 0.5) is 8.78 Å². The van der Waals surface area contributed by atoms with Gasteiger partial charge in [0.1, 0.15) is 11.6 Å². The van der Waals surface area contributed by atoms with E-state index in [1.54, 1.807) is 0 Å². The minimum atomic E-state index is -1.32. The molecule has 0 saturated carbocycles. The Morgan fingerprint density at radius 3 is 2.73 bits per heavy atom. The van der Waals surface area contributed by atoms with E-state index >= 15 is 0 Å². The summed E-state index contributed by atoms with van der Waals surface area (Å²) in [5.74, 6) is -2.28. The first-order valence-electron chi connectivity index (χ1n) is 4.24. The molecule has 0 spiro atoms. The third kappa shape index (κ3) is 2.99. The molecule has 3 nitrogen and oxygen atoms in total. The van der Waals surface area contributed by atoms with Gasteiger partial charge in [-0.25, -0.2) is 8.78 Å². The number of carbonyl (C=O) groups excluding carboxylic acids is 1. The van der Waals surface area contributed by atoms with Gasteiger partial charge in [-0.05, 0) is 6.07 Å². The van der Waals surface area contributed by atoms with Crippen molar-refractivity contribution in [2.24, 2.45) is 0 Å². The van der Waals surface area contributed by atoms with Crippen LogP contribution in [0.15, 0.2) is 18.2 Å². The lowest BCUT2D eigenvalue weighted by atomic mass is 10.1. The van der Waals surface area contributed by atoms with E-state index in [1.165, 1.54) is 0 Å². The monoisotopic (exact) mass is 216 g/mol. The SMILES string of the molecule is COC(=O)CC(O)c1ccc(F)cc1F. The Balaban J connectivity index is 2.82. The normalized spacial score (nSPS) is 12.3. The van der Waals surface area contributed by atoms with Gasteiger partial charge in [0.25, 0.3) is 0 Å². The molecular formula is C10H10F2O3. The number of halogens is 2. The lowest BCUT2D eigenvalue weighted by molar-refractivity contribution is -0.142. The topological polar surface area (TPSA) is 46.5 Å². The Labute approximate surface area is 85.3 Å². The molecule has 1 aromatic rings. The number of benzene rings is 1. The van der Waals surface area contributed by atoms with Crippen LogP contribution >= 0.6 is 0 Å². The van der Waals surface area contributed by atoms with Crippen molar-refractivity contribution in [3.8, 4) is 0 Å². The summed E-state index contributed by atoms with van der Waals surface area (Å²) < 4.78 is 29.9. The summed E-state index contributed by atoms with van der Waals surface area (Å²) in [5.41, 5.74) is -0.123. The minimum Gasteiger partial charge on any atom is -0.469 e. The van der Waals surface area contributed by atoms with Gasteiger partial charge < -0.3 is 9.84 Å². The molecular weight excluding hydrogens is 206 g/mol. The van der Waals surface area contributed by atoms with Crippen LogP contribution in [0.3, 0.4) is 0 Å². The maximum atomic E-state index is 13.1. The zero-order chi connectivity index (χ0) is 11.4. The number of methoxy groups -OCH3 is 1. The van der Waals surface area contributed by atoms with E-state index in [0.29, 0.717) is 6.07 Å². The number of ether oxygens (including phenoxy) is 1. The first kappa shape index (κ1) is 11.6. The molecule has 0 aromatic heterocycles. The first-order valence-corrected chi connectivity index (χ1v) is 4.24. The fourth-order valence-electron chi connectivity index (χ4n) is 1.12. The fourth-order valence-corrected chi connectivity index (χ4v) is 1.12. The van der Waals surface area contributed by atoms with E-state index in [4.69, 9.17) is 0 Å². The molecule has 82 valence electrons. The zero-order valence-corrected chi connectivity index (χ0v) is 8.04. The highest BCUT2D eigenvalue weighted by Gasteiger charge is 2.17. The lowest BCUT2D eigenvalue weighted by Crippen LogP contribution is -2.09. The molecule has 15 heavy (non-hydrogen) atoms. The van der Waals surface area contributed by atoms with Crippen molar-refractivity contribution >= 4 is 5.97 Å². The Bertz CT molecular complexity index is 366. The number of aliphatic hydroxyl groups excluding tert-OH is 1. The van der Waals surface area contributed by atoms with Gasteiger partial charge in [-0.1, -0.05) is 6.07 Å². The molecule has 0 saturated heterocycles. The van der Waals surface area contributed by atoms with E-state index in [2.05, 4.69) is 4.74 Å². The van der Waals surface area contributed by atoms with Crippen LogP contribution in [-0.2, 0) is 9.53 Å². The Kier molecular flexibility index (Phi) is 3.74. The molecule has 0 fully saturated rings. The van der Waals surface area contributed by atoms with E-state index in [-0.39, 0.29) is 12.0 Å². The second kappa shape index (κ2) is 4.84. The van der Waals surface area contributed by atoms with Crippen LogP contribution in [0, 0.1) is 11.6 Å². The van der Waals surface area contributed by atoms with Crippen molar-refractivity contribution in [3.63, 3.8) is 0 Å². The van der Waals surface area contributed by atoms with Crippen molar-refractivity contribution in [1.82, 2.24) is 0 Å². The molecule has 0 aliphatic heterocycles. The minimum absolute atomic E-state index is 0.123. The van der Waals surface area contributed by atoms with Crippen LogP contribution in [0.5, 0.6) is 0 Å². The summed E-state index contributed by atoms with van der Waals surface area (Å²) in [5, 5.41) is 9.43. The average molecular weight is 216 g/mol. The molecule has 1 atom stereocenters. The van der Waals surface area contributed by atoms with Gasteiger partial charge in [-0.3, -0.25) is 4.79 Å². The van der Waals surface area contributed by atoms with Gasteiger partial charge in [0.05, 0.1) is 19.6 Å². The van der Waals surface area contributed by atoms with Gasteiger partial charge in [-0.15, -0.1) is 0 Å². The molecule has 1 N–H and O–H groups in total. The second-order valence-electron chi connectivity index (χ2n) is 2.96. The van der Waals surface area contributed by atoms with E-state index in [0.717, 1.165) is 19.2 Å². The maximum Gasteiger partial charge on any atom is 0.308 e. The van der Waals surface area contributed by atoms with Crippen LogP contribution in [0.2, 0.25) is 0 Å². The lowest BCUT2D eigenvalue weighted by Gasteiger charge is -2.10. The summed E-state index contributed by atoms with van der Waals surface area (Å²) in [6, 6.07) is 2.76. The summed E-state index contributed by atoms with van der Waals surface area (Å²) in [6.07, 6.45) is -1.68. The van der Waals surface area contributed by atoms with Crippen molar-refractivity contribution in [2.45, 2.75) is 12.5 Å². The van der Waals surface area contributed by atoms with Gasteiger partial charge in [0, 0.05) is 11.6 Å². The van der Waals surface area contributed by atoms with Crippen LogP contribution in [0.1, 0.15) is 18.1 Å². The molecule has 1 rings (SSSR count). The summed E-state index contributed by atoms with van der Waals surface area (Å²) >= 11 is 0. The fraction of sp³-hybridized carbons (Fsp3) is 0.300. The molecule has 0 aliphatic carbocycles. The number of hydrogen-bond acceptors (Lipinski definition) is 3. The number of carbonyl (C=O) groups is 1. The third-order valence-electron chi connectivity index (χ3n) is 1.91. The first-order chi connectivity index (χ1) is 7.04.